The van der Waals surface area contributed by atoms with Crippen LogP contribution in [0.4, 0.5) is 0 Å². The zero-order valence-corrected chi connectivity index (χ0v) is 89.6. The molecule has 2 saturated carbocycles. The van der Waals surface area contributed by atoms with Gasteiger partial charge < -0.3 is 103 Å². The van der Waals surface area contributed by atoms with Gasteiger partial charge in [-0.3, -0.25) is 0 Å². The van der Waals surface area contributed by atoms with Gasteiger partial charge in [0, 0.05) is 198 Å². The van der Waals surface area contributed by atoms with E-state index in [-0.39, 0.29) is 5.78 Å². The van der Waals surface area contributed by atoms with Gasteiger partial charge in [0.05, 0.1) is 32.3 Å². The van der Waals surface area contributed by atoms with Gasteiger partial charge in [-0.25, -0.2) is 0 Å². The molecular weight excluding hydrogens is 1670 g/mol. The molecule has 2 rings (SSSR count). The Bertz CT molecular complexity index is 2380. The van der Waals surface area contributed by atoms with Crippen LogP contribution in [0.25, 0.3) is 0 Å². The number of rotatable bonds is 75. The Balaban J connectivity index is 0.00000269. The van der Waals surface area contributed by atoms with Crippen molar-refractivity contribution < 1.29 is 103 Å². The summed E-state index contributed by atoms with van der Waals surface area (Å²) in [6.45, 7) is 27.9. The number of Topliss-reactive ketones (excluding diaryl/α,β-unsaturated/α-hetero) is 2. The summed E-state index contributed by atoms with van der Waals surface area (Å²) in [5, 5.41) is 0. The first-order valence-electron chi connectivity index (χ1n) is 43.1. The van der Waals surface area contributed by atoms with Gasteiger partial charge in [0.2, 0.25) is 0 Å². The predicted molar refractivity (Wildman–Crippen MR) is 504 cm³/mol. The van der Waals surface area contributed by atoms with E-state index in [2.05, 4.69) is 75.9 Å². The van der Waals surface area contributed by atoms with Gasteiger partial charge in [0.1, 0.15) is 11.6 Å². The van der Waals surface area contributed by atoms with Crippen molar-refractivity contribution in [2.45, 2.75) is 262 Å². The van der Waals surface area contributed by atoms with E-state index in [1.54, 1.807) is 163 Å². The number of allylic oxidation sites excluding steroid dienone is 6. The van der Waals surface area contributed by atoms with Crippen molar-refractivity contribution in [2.24, 2.45) is 35.5 Å². The fourth-order valence-corrected chi connectivity index (χ4v) is 51.0. The summed E-state index contributed by atoms with van der Waals surface area (Å²) in [5.74, 6) is 4.39. The number of hydrogen-bond acceptors (Lipinski definition) is 23. The van der Waals surface area contributed by atoms with Crippen LogP contribution in [0.1, 0.15) is 129 Å². The Morgan fingerprint density at radius 2 is 0.427 bits per heavy atom. The number of carbonyl (C=O) groups is 2. The van der Waals surface area contributed by atoms with E-state index in [0.29, 0.717) is 35.9 Å². The summed E-state index contributed by atoms with van der Waals surface area (Å²) in [6, 6.07) is 23.0. The summed E-state index contributed by atoms with van der Waals surface area (Å²) in [5.41, 5.74) is 0. The summed E-state index contributed by atoms with van der Waals surface area (Å²) in [4.78, 5) is 24.5. The quantitative estimate of drug-likeness (QED) is 0.0407. The molecular formula is C83H174O23Si11. The van der Waals surface area contributed by atoms with Crippen molar-refractivity contribution >= 4 is 106 Å². The lowest BCUT2D eigenvalue weighted by atomic mass is 9.89. The molecule has 0 saturated heterocycles. The molecule has 2 aliphatic rings. The maximum absolute atomic E-state index is 12.8. The van der Waals surface area contributed by atoms with Gasteiger partial charge in [-0.1, -0.05) is 161 Å². The van der Waals surface area contributed by atoms with Crippen LogP contribution in [-0.4, -0.2) is 256 Å². The van der Waals surface area contributed by atoms with E-state index in [1.165, 1.54) is 49.9 Å². The molecule has 2 aliphatic carbocycles. The lowest BCUT2D eigenvalue weighted by Gasteiger charge is -2.37. The standard InChI is InChI=1S/C49H112O19Si8.C31H52OSi2.C3H10O3Si/c1-46(50)26-27-48-44-47(28-42-69(30-20-36-71(51-2,52-3)53-4,31-21-37-72(54-5,55-6)56-7)32-22-38-73(57-8,58-9)59-10)45-49(48)29-43-70(33-23-39-74(60-11,61-12)62-13,34-24-40-75(63-14,64-15)65-16)35-25-41-76(66-17,67-18)68-19;1-8-18-33(19-9-2,20-10-3)24-16-29-26-30(15-14-28(7)32)31(27-29)17-25-34(21-11-4,22-12-5)23-13-6;1-4-7(5-2)6-3/h47-49H,20-45H2,1-19H3;8-13,29-31H,1-6,14-27H2,7H3;7H,1-3H3. The fraction of sp³-hybridized carbons (Fsp3) is 0.831. The molecule has 0 heterocycles. The smallest absolute Gasteiger partial charge is 0.379 e. The SMILES string of the molecule is C=CC[Si](CC=C)(CC=C)CCC1CC(CCC(C)=O)C(CC[Si](CC=C)(CC=C)CC=C)C1.CO[SiH](OC)OC.CO[Si](CCC[Si](CCC[Si](OC)(OC)OC)(CCC[Si](OC)(OC)OC)CCC1CC(CCC(C)=O)C(CC[Si](CCC[Si](OC)(OC)OC)(CCC[Si](OC)(OC)OC)CCC[Si](OC)(OC)OC)C1)(OC)OC. The highest BCUT2D eigenvalue weighted by atomic mass is 28.4. The highest BCUT2D eigenvalue weighted by Crippen LogP contribution is 2.50. The molecule has 0 amide bonds. The second-order valence-electron chi connectivity index (χ2n) is 33.2. The predicted octanol–water partition coefficient (Wildman–Crippen LogP) is 19.7. The lowest BCUT2D eigenvalue weighted by Crippen LogP contribution is -2.45. The molecule has 0 aromatic heterocycles. The van der Waals surface area contributed by atoms with Crippen molar-refractivity contribution in [3.05, 3.63) is 75.9 Å². The number of ketones is 2. The maximum atomic E-state index is 12.8. The maximum Gasteiger partial charge on any atom is 0.500 e. The molecule has 0 aromatic rings. The van der Waals surface area contributed by atoms with E-state index < -0.39 is 94.6 Å². The molecule has 0 radical (unpaired) electrons. The summed E-state index contributed by atoms with van der Waals surface area (Å²) >= 11 is 0. The third-order valence-electron chi connectivity index (χ3n) is 26.6. The monoisotopic (exact) mass is 1850 g/mol. The zero-order chi connectivity index (χ0) is 88.6. The number of carbonyl (C=O) groups excluding carboxylic acids is 2. The Morgan fingerprint density at radius 3 is 0.590 bits per heavy atom. The van der Waals surface area contributed by atoms with Crippen LogP contribution in [0.3, 0.4) is 0 Å². The summed E-state index contributed by atoms with van der Waals surface area (Å²) in [7, 11) is 9.58. The molecule has 6 atom stereocenters. The second-order valence-corrected chi connectivity index (χ2v) is 73.2. The van der Waals surface area contributed by atoms with Crippen molar-refractivity contribution in [1.29, 1.82) is 0 Å². The minimum atomic E-state index is -2.82. The second kappa shape index (κ2) is 64.1. The average molecular weight is 1850 g/mol. The van der Waals surface area contributed by atoms with Gasteiger partial charge in [-0.15, -0.1) is 39.5 Å². The average Bonchev–Trinajstić information content (AvgIpc) is 1.54. The first-order valence-corrected chi connectivity index (χ1v) is 67.4. The van der Waals surface area contributed by atoms with E-state index in [0.717, 1.165) is 204 Å². The summed E-state index contributed by atoms with van der Waals surface area (Å²) in [6.07, 6.45) is 31.7. The zero-order valence-electron chi connectivity index (χ0n) is 78.4. The van der Waals surface area contributed by atoms with Gasteiger partial charge in [0.15, 0.2) is 0 Å². The van der Waals surface area contributed by atoms with Gasteiger partial charge in [0.25, 0.3) is 0 Å². The lowest BCUT2D eigenvalue weighted by molar-refractivity contribution is -0.118. The van der Waals surface area contributed by atoms with Crippen LogP contribution in [0, 0.1) is 35.5 Å². The van der Waals surface area contributed by atoms with Crippen molar-refractivity contribution in [2.75, 3.05) is 149 Å². The normalized spacial score (nSPS) is 18.0. The van der Waals surface area contributed by atoms with E-state index >= 15 is 0 Å². The van der Waals surface area contributed by atoms with Gasteiger partial charge in [-0.2, -0.15) is 0 Å². The molecule has 688 valence electrons. The first kappa shape index (κ1) is 116. The van der Waals surface area contributed by atoms with E-state index in [4.69, 9.17) is 92.9 Å². The number of hydrogen-bond donors (Lipinski definition) is 0. The van der Waals surface area contributed by atoms with Gasteiger partial charge in [-0.05, 0) is 124 Å². The molecule has 2 fully saturated rings. The third-order valence-corrected chi connectivity index (χ3v) is 65.6. The Kier molecular flexibility index (Phi) is 63.7. The molecule has 0 bridgehead atoms. The van der Waals surface area contributed by atoms with Crippen LogP contribution in [0.15, 0.2) is 75.9 Å². The fourth-order valence-electron chi connectivity index (χ4n) is 19.5. The van der Waals surface area contributed by atoms with Crippen LogP contribution >= 0.6 is 0 Å². The highest BCUT2D eigenvalue weighted by molar-refractivity contribution is 6.82. The molecule has 117 heavy (non-hydrogen) atoms. The largest absolute Gasteiger partial charge is 0.500 e. The van der Waals surface area contributed by atoms with Crippen LogP contribution in [0.2, 0.25) is 133 Å². The van der Waals surface area contributed by atoms with Crippen molar-refractivity contribution in [3.63, 3.8) is 0 Å². The van der Waals surface area contributed by atoms with Crippen molar-refractivity contribution in [3.8, 4) is 0 Å². The van der Waals surface area contributed by atoms with Crippen LogP contribution < -0.4 is 0 Å². The van der Waals surface area contributed by atoms with E-state index in [1.807, 2.05) is 0 Å². The third kappa shape index (κ3) is 41.3. The Morgan fingerprint density at radius 1 is 0.256 bits per heavy atom. The van der Waals surface area contributed by atoms with Crippen LogP contribution in [0.5, 0.6) is 0 Å². The molecule has 0 spiro atoms. The van der Waals surface area contributed by atoms with Gasteiger partial charge >= 0.3 is 62.4 Å². The van der Waals surface area contributed by atoms with Crippen molar-refractivity contribution in [1.82, 2.24) is 0 Å². The summed E-state index contributed by atoms with van der Waals surface area (Å²) < 4.78 is 121. The van der Waals surface area contributed by atoms with E-state index in [9.17, 15) is 9.59 Å². The highest BCUT2D eigenvalue weighted by Gasteiger charge is 2.49. The minimum Gasteiger partial charge on any atom is -0.379 e. The van der Waals surface area contributed by atoms with Crippen LogP contribution in [-0.2, 0) is 103 Å². The topological polar surface area (TPSA) is 228 Å². The Labute approximate surface area is 727 Å². The molecule has 0 aromatic carbocycles. The molecule has 23 nitrogen and oxygen atoms in total. The molecule has 34 heteroatoms. The first-order chi connectivity index (χ1) is 56.0. The Hall–Kier alpha value is -0.674. The minimum absolute atomic E-state index is 0.261. The molecule has 0 aliphatic heterocycles. The molecule has 0 N–H and O–H groups in total. The molecule has 6 unspecified atom stereocenters.